The number of aryl methyl sites for hydroxylation is 2. The summed E-state index contributed by atoms with van der Waals surface area (Å²) < 4.78 is 23.8. The first-order chi connectivity index (χ1) is 38.1. The van der Waals surface area contributed by atoms with Crippen molar-refractivity contribution in [3.05, 3.63) is 237 Å². The van der Waals surface area contributed by atoms with Gasteiger partial charge in [-0.1, -0.05) is 200 Å². The summed E-state index contributed by atoms with van der Waals surface area (Å²) in [5, 5.41) is 37.5. The minimum Gasteiger partial charge on any atom is -0.491 e. The van der Waals surface area contributed by atoms with Crippen molar-refractivity contribution >= 4 is 0 Å². The maximum atomic E-state index is 9.39. The maximum absolute atomic E-state index is 9.39. The molecule has 0 heterocycles. The van der Waals surface area contributed by atoms with E-state index in [4.69, 9.17) is 18.9 Å². The first-order valence-corrected chi connectivity index (χ1v) is 28.0. The van der Waals surface area contributed by atoms with Crippen LogP contribution in [-0.4, -0.2) is 73.3 Å². The molecule has 2 aliphatic carbocycles. The molecule has 0 unspecified atom stereocenters. The second-order valence-corrected chi connectivity index (χ2v) is 20.9. The van der Waals surface area contributed by atoms with Crippen molar-refractivity contribution in [2.24, 2.45) is 0 Å². The summed E-state index contributed by atoms with van der Waals surface area (Å²) in [6.45, 7) is 14.1. The van der Waals surface area contributed by atoms with Crippen LogP contribution in [0.15, 0.2) is 170 Å². The highest BCUT2D eigenvalue weighted by Gasteiger charge is 2.48. The van der Waals surface area contributed by atoms with E-state index >= 15 is 0 Å². The minimum absolute atomic E-state index is 0.0110. The molecular formula is C70H76O8. The van der Waals surface area contributed by atoms with Gasteiger partial charge in [-0.2, -0.15) is 0 Å². The Balaban J connectivity index is 0.000000190. The van der Waals surface area contributed by atoms with Crippen molar-refractivity contribution in [1.82, 2.24) is 0 Å². The van der Waals surface area contributed by atoms with Gasteiger partial charge >= 0.3 is 0 Å². The van der Waals surface area contributed by atoms with Crippen LogP contribution in [0.3, 0.4) is 0 Å². The molecular weight excluding hydrogens is 969 g/mol. The lowest BCUT2D eigenvalue weighted by Crippen LogP contribution is -2.29. The van der Waals surface area contributed by atoms with Crippen LogP contribution in [0, 0.1) is 0 Å². The Morgan fingerprint density at radius 1 is 0.346 bits per heavy atom. The fraction of sp³-hybridized carbons (Fsp3) is 0.314. The maximum Gasteiger partial charge on any atom is 0.122 e. The molecule has 0 radical (unpaired) electrons. The number of fused-ring (bicyclic) bond motifs is 6. The van der Waals surface area contributed by atoms with Crippen molar-refractivity contribution in [2.45, 2.75) is 89.9 Å². The monoisotopic (exact) mass is 1040 g/mol. The van der Waals surface area contributed by atoms with E-state index in [1.54, 1.807) is 0 Å². The lowest BCUT2D eigenvalue weighted by Gasteiger charge is -2.35. The molecule has 8 nitrogen and oxygen atoms in total. The van der Waals surface area contributed by atoms with E-state index in [1.165, 1.54) is 66.8 Å². The van der Waals surface area contributed by atoms with E-state index in [1.807, 2.05) is 0 Å². The summed E-state index contributed by atoms with van der Waals surface area (Å²) in [5.74, 6) is 3.78. The first-order valence-electron chi connectivity index (χ1n) is 28.0. The predicted octanol–water partition coefficient (Wildman–Crippen LogP) is 13.7. The number of benzene rings is 8. The smallest absolute Gasteiger partial charge is 0.122 e. The van der Waals surface area contributed by atoms with E-state index in [0.717, 1.165) is 70.9 Å². The molecule has 8 aromatic rings. The summed E-state index contributed by atoms with van der Waals surface area (Å²) in [7, 11) is 0. The van der Waals surface area contributed by atoms with Gasteiger partial charge in [-0.3, -0.25) is 0 Å². The fourth-order valence-corrected chi connectivity index (χ4v) is 12.2. The molecule has 0 aliphatic heterocycles. The zero-order valence-corrected chi connectivity index (χ0v) is 46.2. The molecule has 2 aliphatic rings. The van der Waals surface area contributed by atoms with Crippen LogP contribution < -0.4 is 18.9 Å². The molecule has 0 saturated heterocycles. The van der Waals surface area contributed by atoms with E-state index in [0.29, 0.717) is 0 Å². The van der Waals surface area contributed by atoms with Gasteiger partial charge in [0.2, 0.25) is 0 Å². The average molecular weight is 1050 g/mol. The lowest BCUT2D eigenvalue weighted by molar-refractivity contribution is 0.200. The number of rotatable bonds is 22. The number of hydrogen-bond donors (Lipinski definition) is 4. The zero-order valence-electron chi connectivity index (χ0n) is 46.2. The van der Waals surface area contributed by atoms with Gasteiger partial charge in [0.25, 0.3) is 0 Å². The Hall–Kier alpha value is -7.20. The molecule has 0 saturated carbocycles. The molecule has 0 amide bonds. The Labute approximate surface area is 461 Å². The van der Waals surface area contributed by atoms with E-state index in [9.17, 15) is 20.4 Å². The minimum atomic E-state index is -0.536. The third-order valence-electron chi connectivity index (χ3n) is 15.5. The number of hydrogen-bond acceptors (Lipinski definition) is 8. The molecule has 404 valence electrons. The Morgan fingerprint density at radius 3 is 0.897 bits per heavy atom. The van der Waals surface area contributed by atoms with Crippen molar-refractivity contribution in [2.75, 3.05) is 52.9 Å². The highest BCUT2D eigenvalue weighted by Crippen LogP contribution is 2.59. The van der Waals surface area contributed by atoms with Gasteiger partial charge < -0.3 is 39.4 Å². The fourth-order valence-electron chi connectivity index (χ4n) is 12.2. The molecule has 10 rings (SSSR count). The van der Waals surface area contributed by atoms with Crippen LogP contribution >= 0.6 is 0 Å². The zero-order chi connectivity index (χ0) is 54.8. The third-order valence-corrected chi connectivity index (χ3v) is 15.5. The topological polar surface area (TPSA) is 118 Å². The highest BCUT2D eigenvalue weighted by molar-refractivity contribution is 5.88. The Kier molecular flexibility index (Phi) is 17.9. The van der Waals surface area contributed by atoms with Crippen molar-refractivity contribution in [3.63, 3.8) is 0 Å². The molecule has 0 atom stereocenters. The van der Waals surface area contributed by atoms with Gasteiger partial charge in [0.15, 0.2) is 0 Å². The van der Waals surface area contributed by atoms with Crippen molar-refractivity contribution < 1.29 is 39.4 Å². The Morgan fingerprint density at radius 2 is 0.615 bits per heavy atom. The van der Waals surface area contributed by atoms with Gasteiger partial charge in [0.1, 0.15) is 49.4 Å². The number of ether oxygens (including phenoxy) is 4. The molecule has 0 spiro atoms. The van der Waals surface area contributed by atoms with Crippen LogP contribution in [0.5, 0.6) is 23.0 Å². The molecule has 0 fully saturated rings. The van der Waals surface area contributed by atoms with E-state index < -0.39 is 10.8 Å². The van der Waals surface area contributed by atoms with Gasteiger partial charge in [-0.15, -0.1) is 0 Å². The van der Waals surface area contributed by atoms with Crippen LogP contribution in [0.25, 0.3) is 22.3 Å². The normalized spacial score (nSPS) is 13.3. The first kappa shape index (κ1) is 55.6. The lowest BCUT2D eigenvalue weighted by atomic mass is 9.66. The van der Waals surface area contributed by atoms with E-state index in [-0.39, 0.29) is 64.7 Å². The van der Waals surface area contributed by atoms with Gasteiger partial charge in [0.05, 0.1) is 37.3 Å². The van der Waals surface area contributed by atoms with Crippen LogP contribution in [0.1, 0.15) is 133 Å². The quantitative estimate of drug-likeness (QED) is 0.0530. The largest absolute Gasteiger partial charge is 0.491 e. The molecule has 78 heavy (non-hydrogen) atoms. The van der Waals surface area contributed by atoms with E-state index in [2.05, 4.69) is 211 Å². The van der Waals surface area contributed by atoms with Crippen LogP contribution in [-0.2, 0) is 23.7 Å². The molecule has 0 aromatic heterocycles. The summed E-state index contributed by atoms with van der Waals surface area (Å²) >= 11 is 0. The van der Waals surface area contributed by atoms with Crippen LogP contribution in [0.2, 0.25) is 0 Å². The summed E-state index contributed by atoms with van der Waals surface area (Å²) in [6, 6.07) is 61.2. The summed E-state index contributed by atoms with van der Waals surface area (Å²) in [5.41, 5.74) is 18.3. The SMILES string of the molecule is CC(C)c1cc(C2(c3ccc(OCCO)c(C(C)C)c3)c3ccccc3-c3ccccc32)ccc1OCCO.CCCc1cc(C2(c3ccc(OCCO)c(CCC)c3)c3ccccc3-c3ccccc32)ccc1OCCO. The van der Waals surface area contributed by atoms with Crippen LogP contribution in [0.4, 0.5) is 0 Å². The number of aliphatic hydroxyl groups excluding tert-OH is 4. The predicted molar refractivity (Wildman–Crippen MR) is 314 cm³/mol. The molecule has 0 bridgehead atoms. The molecule has 4 N–H and O–H groups in total. The molecule has 8 heteroatoms. The third kappa shape index (κ3) is 10.4. The summed E-state index contributed by atoms with van der Waals surface area (Å²) in [4.78, 5) is 0. The highest BCUT2D eigenvalue weighted by atomic mass is 16.5. The Bertz CT molecular complexity index is 3100. The van der Waals surface area contributed by atoms with Crippen molar-refractivity contribution in [1.29, 1.82) is 0 Å². The standard InChI is InChI=1S/2C35H38O4/c1-23(2)29-21-25(13-15-33(29)38-19-17-36)35(26-14-16-34(39-20-18-37)30(22-26)24(3)4)31-11-7-5-9-27(31)28-10-6-8-12-32(28)35;1-3-9-25-23-27(15-17-33(25)38-21-19-36)35(28-16-18-34(39-22-20-37)26(24-28)10-4-2)31-13-7-5-11-29(31)30-12-6-8-14-32(30)35/h5-16,21-24,36-37H,17-20H2,1-4H3;5-8,11-18,23-24,36-37H,3-4,9-10,19-22H2,1-2H3. The average Bonchev–Trinajstić information content (AvgIpc) is 4.14. The second-order valence-electron chi connectivity index (χ2n) is 20.9. The number of aliphatic hydroxyl groups is 4. The summed E-state index contributed by atoms with van der Waals surface area (Å²) in [6.07, 6.45) is 3.78. The van der Waals surface area contributed by atoms with Crippen molar-refractivity contribution in [3.8, 4) is 45.3 Å². The van der Waals surface area contributed by atoms with Gasteiger partial charge in [-0.25, -0.2) is 0 Å². The van der Waals surface area contributed by atoms with Gasteiger partial charge in [0, 0.05) is 0 Å². The second kappa shape index (κ2) is 25.1. The molecule has 8 aromatic carbocycles. The van der Waals surface area contributed by atoms with Gasteiger partial charge in [-0.05, 0) is 138 Å².